The number of carbonyl (C=O) groups is 2. The van der Waals surface area contributed by atoms with Gasteiger partial charge >= 0.3 is 6.03 Å². The highest BCUT2D eigenvalue weighted by Gasteiger charge is 2.42. The Morgan fingerprint density at radius 3 is 2.35 bits per heavy atom. The number of amides is 3. The second kappa shape index (κ2) is 7.97. The predicted octanol–water partition coefficient (Wildman–Crippen LogP) is 3.50. The molecular formula is C17H25BrN4O3Si. The maximum absolute atomic E-state index is 12.7. The van der Waals surface area contributed by atoms with Crippen molar-refractivity contribution in [2.24, 2.45) is 0 Å². The van der Waals surface area contributed by atoms with Crippen molar-refractivity contribution in [2.75, 3.05) is 13.2 Å². The highest BCUT2D eigenvalue weighted by atomic mass is 79.9. The Bertz CT molecular complexity index is 704. The largest absolute Gasteiger partial charge is 0.415 e. The Morgan fingerprint density at radius 2 is 1.81 bits per heavy atom. The summed E-state index contributed by atoms with van der Waals surface area (Å²) in [7, 11) is -1.93. The molecule has 1 aliphatic rings. The number of hydrogen-bond donors (Lipinski definition) is 0. The van der Waals surface area contributed by atoms with E-state index < -0.39 is 8.32 Å². The number of halogens is 1. The van der Waals surface area contributed by atoms with Gasteiger partial charge in [0, 0.05) is 22.9 Å². The van der Waals surface area contributed by atoms with E-state index in [4.69, 9.17) is 4.43 Å². The number of aromatic nitrogens is 2. The van der Waals surface area contributed by atoms with Crippen molar-refractivity contribution in [2.45, 2.75) is 45.4 Å². The van der Waals surface area contributed by atoms with Crippen molar-refractivity contribution in [3.05, 3.63) is 35.0 Å². The quantitative estimate of drug-likeness (QED) is 0.384. The highest BCUT2D eigenvalue weighted by molar-refractivity contribution is 9.11. The van der Waals surface area contributed by atoms with Crippen LogP contribution in [0.4, 0.5) is 4.79 Å². The van der Waals surface area contributed by atoms with E-state index in [1.54, 1.807) is 12.4 Å². The molecule has 9 heteroatoms. The molecular weight excluding hydrogens is 416 g/mol. The lowest BCUT2D eigenvalue weighted by Gasteiger charge is -2.36. The molecule has 0 spiro atoms. The predicted molar refractivity (Wildman–Crippen MR) is 105 cm³/mol. The lowest BCUT2D eigenvalue weighted by atomic mass is 10.2. The van der Waals surface area contributed by atoms with Gasteiger partial charge in [-0.05, 0) is 18.1 Å². The smallest absolute Gasteiger partial charge is 0.332 e. The summed E-state index contributed by atoms with van der Waals surface area (Å²) in [6, 6.07) is -0.358. The van der Waals surface area contributed by atoms with E-state index >= 15 is 0 Å². The van der Waals surface area contributed by atoms with Crippen molar-refractivity contribution >= 4 is 36.2 Å². The molecule has 0 radical (unpaired) electrons. The molecule has 0 N–H and O–H groups in total. The Morgan fingerprint density at radius 1 is 1.19 bits per heavy atom. The molecule has 0 aromatic carbocycles. The van der Waals surface area contributed by atoms with Crippen LogP contribution in [0.3, 0.4) is 0 Å². The molecule has 0 unspecified atom stereocenters. The van der Waals surface area contributed by atoms with Crippen LogP contribution in [0.1, 0.15) is 26.3 Å². The van der Waals surface area contributed by atoms with Gasteiger partial charge in [-0.15, -0.1) is 0 Å². The fourth-order valence-corrected chi connectivity index (χ4v) is 3.73. The summed E-state index contributed by atoms with van der Waals surface area (Å²) >= 11 is 3.19. The molecule has 3 amide bonds. The van der Waals surface area contributed by atoms with E-state index in [0.717, 1.165) is 5.56 Å². The van der Waals surface area contributed by atoms with Crippen LogP contribution in [0.2, 0.25) is 18.1 Å². The van der Waals surface area contributed by atoms with Crippen molar-refractivity contribution < 1.29 is 14.0 Å². The molecule has 1 aliphatic heterocycles. The average molecular weight is 441 g/mol. The molecule has 1 saturated heterocycles. The van der Waals surface area contributed by atoms with E-state index in [1.807, 2.05) is 0 Å². The average Bonchev–Trinajstić information content (AvgIpc) is 2.78. The third kappa shape index (κ3) is 4.39. The van der Waals surface area contributed by atoms with Gasteiger partial charge in [0.1, 0.15) is 12.0 Å². The first-order chi connectivity index (χ1) is 12.1. The number of hydrogen-bond acceptors (Lipinski definition) is 5. The summed E-state index contributed by atoms with van der Waals surface area (Å²) in [6.45, 7) is 11.6. The van der Waals surface area contributed by atoms with Crippen molar-refractivity contribution in [1.82, 2.24) is 19.8 Å². The molecule has 1 aromatic heterocycles. The van der Waals surface area contributed by atoms with Crippen molar-refractivity contribution in [1.29, 1.82) is 0 Å². The Hall–Kier alpha value is -1.58. The van der Waals surface area contributed by atoms with Gasteiger partial charge in [0.2, 0.25) is 0 Å². The monoisotopic (exact) mass is 440 g/mol. The van der Waals surface area contributed by atoms with Crippen LogP contribution < -0.4 is 0 Å². The first-order valence-corrected chi connectivity index (χ1v) is 12.2. The molecule has 7 nitrogen and oxygen atoms in total. The van der Waals surface area contributed by atoms with E-state index in [-0.39, 0.29) is 30.1 Å². The number of imide groups is 1. The van der Waals surface area contributed by atoms with Crippen LogP contribution >= 0.6 is 15.9 Å². The van der Waals surface area contributed by atoms with Gasteiger partial charge in [-0.25, -0.2) is 14.8 Å². The number of rotatable bonds is 6. The van der Waals surface area contributed by atoms with Gasteiger partial charge in [-0.1, -0.05) is 36.7 Å². The molecule has 2 rings (SSSR count). The Labute approximate surface area is 163 Å². The van der Waals surface area contributed by atoms with Gasteiger partial charge < -0.3 is 4.43 Å². The SMILES string of the molecule is CC(C)(C)[Si](C)(C)OCCN1C(=O)C(=CBr)N(Cc2cncnc2)C1=O. The summed E-state index contributed by atoms with van der Waals surface area (Å²) < 4.78 is 6.10. The lowest BCUT2D eigenvalue weighted by molar-refractivity contribution is -0.123. The van der Waals surface area contributed by atoms with E-state index in [9.17, 15) is 9.59 Å². The maximum Gasteiger partial charge on any atom is 0.332 e. The molecule has 0 saturated carbocycles. The van der Waals surface area contributed by atoms with Gasteiger partial charge in [0.15, 0.2) is 8.32 Å². The summed E-state index contributed by atoms with van der Waals surface area (Å²) in [5, 5.41) is 0.0757. The number of carbonyl (C=O) groups excluding carboxylic acids is 2. The molecule has 0 atom stereocenters. The van der Waals surface area contributed by atoms with Crippen LogP contribution in [-0.2, 0) is 15.8 Å². The van der Waals surface area contributed by atoms with Crippen LogP contribution in [-0.4, -0.2) is 53.2 Å². The molecule has 1 fully saturated rings. The second-order valence-corrected chi connectivity index (χ2v) is 12.9. The maximum atomic E-state index is 12.7. The minimum absolute atomic E-state index is 0.0757. The van der Waals surface area contributed by atoms with Crippen molar-refractivity contribution in [3.8, 4) is 0 Å². The van der Waals surface area contributed by atoms with E-state index in [0.29, 0.717) is 12.3 Å². The fourth-order valence-electron chi connectivity index (χ4n) is 2.25. The third-order valence-electron chi connectivity index (χ3n) is 4.86. The zero-order chi connectivity index (χ0) is 19.5. The second-order valence-electron chi connectivity index (χ2n) is 7.68. The zero-order valence-electron chi connectivity index (χ0n) is 15.8. The first kappa shape index (κ1) is 20.7. The summed E-state index contributed by atoms with van der Waals surface area (Å²) in [5.41, 5.74) is 1.05. The Kier molecular flexibility index (Phi) is 6.36. The molecule has 26 heavy (non-hydrogen) atoms. The number of urea groups is 1. The van der Waals surface area contributed by atoms with Crippen molar-refractivity contribution in [3.63, 3.8) is 0 Å². The summed E-state index contributed by atoms with van der Waals surface area (Å²) in [6.07, 6.45) is 4.67. The fraction of sp³-hybridized carbons (Fsp3) is 0.529. The minimum Gasteiger partial charge on any atom is -0.415 e. The van der Waals surface area contributed by atoms with Gasteiger partial charge in [-0.3, -0.25) is 14.6 Å². The van der Waals surface area contributed by atoms with Gasteiger partial charge in [0.05, 0.1) is 19.7 Å². The lowest BCUT2D eigenvalue weighted by Crippen LogP contribution is -2.43. The van der Waals surface area contributed by atoms with Crippen LogP contribution in [0.5, 0.6) is 0 Å². The molecule has 2 heterocycles. The third-order valence-corrected chi connectivity index (χ3v) is 9.83. The van der Waals surface area contributed by atoms with E-state index in [2.05, 4.69) is 59.8 Å². The van der Waals surface area contributed by atoms with Crippen LogP contribution in [0.15, 0.2) is 29.4 Å². The summed E-state index contributed by atoms with van der Waals surface area (Å²) in [4.78, 5) is 37.3. The molecule has 0 bridgehead atoms. The van der Waals surface area contributed by atoms with Gasteiger partial charge in [-0.2, -0.15) is 0 Å². The number of nitrogens with zero attached hydrogens (tertiary/aromatic N) is 4. The van der Waals surface area contributed by atoms with Crippen LogP contribution in [0, 0.1) is 0 Å². The van der Waals surface area contributed by atoms with Gasteiger partial charge in [0.25, 0.3) is 5.91 Å². The van der Waals surface area contributed by atoms with E-state index in [1.165, 1.54) is 21.1 Å². The topological polar surface area (TPSA) is 75.6 Å². The normalized spacial score (nSPS) is 17.5. The standard InChI is InChI=1S/C17H25BrN4O3Si/c1-17(2,3)26(4,5)25-7-6-21-15(23)14(8-18)22(16(21)24)11-13-9-19-12-20-10-13/h8-10,12H,6-7,11H2,1-5H3. The Balaban J connectivity index is 2.06. The van der Waals surface area contributed by atoms with Crippen LogP contribution in [0.25, 0.3) is 0 Å². The molecule has 0 aliphatic carbocycles. The molecule has 1 aromatic rings. The molecule has 142 valence electrons. The zero-order valence-corrected chi connectivity index (χ0v) is 18.4. The highest BCUT2D eigenvalue weighted by Crippen LogP contribution is 2.36. The first-order valence-electron chi connectivity index (χ1n) is 8.40. The minimum atomic E-state index is -1.93. The summed E-state index contributed by atoms with van der Waals surface area (Å²) in [5.74, 6) is -0.331.